The van der Waals surface area contributed by atoms with Gasteiger partial charge in [0.15, 0.2) is 0 Å². The maximum Gasteiger partial charge on any atom is 0.407 e. The monoisotopic (exact) mass is 770 g/mol. The molecule has 0 bridgehead atoms. The third-order valence-corrected chi connectivity index (χ3v) is 11.1. The summed E-state index contributed by atoms with van der Waals surface area (Å²) < 4.78 is 9.48. The molecule has 3 aliphatic rings. The molecule has 3 N–H and O–H groups in total. The van der Waals surface area contributed by atoms with Gasteiger partial charge in [-0.3, -0.25) is 19.4 Å². The van der Waals surface area contributed by atoms with Gasteiger partial charge in [-0.2, -0.15) is 0 Å². The number of aliphatic imine (C=N–C) groups is 1. The summed E-state index contributed by atoms with van der Waals surface area (Å²) in [5.74, 6) is -0.834. The van der Waals surface area contributed by atoms with Crippen molar-refractivity contribution in [3.8, 4) is 11.1 Å². The van der Waals surface area contributed by atoms with E-state index in [0.29, 0.717) is 32.5 Å². The van der Waals surface area contributed by atoms with Gasteiger partial charge in [0.05, 0.1) is 20.3 Å². The van der Waals surface area contributed by atoms with Gasteiger partial charge in [-0.05, 0) is 91.0 Å². The molecular weight excluding hydrogens is 713 g/mol. The Morgan fingerprint density at radius 3 is 1.80 bits per heavy atom. The fourth-order valence-electron chi connectivity index (χ4n) is 7.82. The summed E-state index contributed by atoms with van der Waals surface area (Å²) in [7, 11) is 2.56. The van der Waals surface area contributed by atoms with Gasteiger partial charge >= 0.3 is 12.2 Å². The number of hydrogen-bond acceptors (Lipinski definition) is 8. The molecule has 2 aromatic rings. The van der Waals surface area contributed by atoms with E-state index in [2.05, 4.69) is 40.2 Å². The zero-order chi connectivity index (χ0) is 40.4. The largest absolute Gasteiger partial charge is 0.453 e. The smallest absolute Gasteiger partial charge is 0.407 e. The molecule has 13 heteroatoms. The van der Waals surface area contributed by atoms with Crippen LogP contribution in [0.15, 0.2) is 59.7 Å². The van der Waals surface area contributed by atoms with Crippen molar-refractivity contribution in [1.29, 1.82) is 0 Å². The van der Waals surface area contributed by atoms with Crippen molar-refractivity contribution in [3.63, 3.8) is 0 Å². The summed E-state index contributed by atoms with van der Waals surface area (Å²) in [4.78, 5) is 72.6. The van der Waals surface area contributed by atoms with Crippen molar-refractivity contribution in [2.45, 2.75) is 110 Å². The molecule has 4 atom stereocenters. The van der Waals surface area contributed by atoms with E-state index in [1.54, 1.807) is 4.90 Å². The summed E-state index contributed by atoms with van der Waals surface area (Å²) in [5, 5.41) is 8.35. The molecule has 0 aromatic heterocycles. The van der Waals surface area contributed by atoms with Crippen LogP contribution in [0.1, 0.15) is 90.2 Å². The van der Waals surface area contributed by atoms with Crippen molar-refractivity contribution in [2.24, 2.45) is 16.8 Å². The predicted octanol–water partition coefficient (Wildman–Crippen LogP) is 6.07. The van der Waals surface area contributed by atoms with E-state index in [1.807, 2.05) is 63.1 Å². The van der Waals surface area contributed by atoms with Crippen LogP contribution in [0.3, 0.4) is 0 Å². The lowest BCUT2D eigenvalue weighted by Gasteiger charge is -2.31. The molecule has 56 heavy (non-hydrogen) atoms. The van der Waals surface area contributed by atoms with Gasteiger partial charge in [0, 0.05) is 31.5 Å². The molecule has 0 aliphatic carbocycles. The van der Waals surface area contributed by atoms with Gasteiger partial charge in [-0.15, -0.1) is 0 Å². The molecule has 302 valence electrons. The summed E-state index contributed by atoms with van der Waals surface area (Å²) >= 11 is 0. The average molecular weight is 771 g/mol. The van der Waals surface area contributed by atoms with Gasteiger partial charge in [-0.25, -0.2) is 9.59 Å². The maximum absolute atomic E-state index is 13.7. The first-order valence-electron chi connectivity index (χ1n) is 19.9. The molecule has 0 radical (unpaired) electrons. The number of methoxy groups -OCH3 is 2. The Kier molecular flexibility index (Phi) is 14.7. The van der Waals surface area contributed by atoms with Crippen molar-refractivity contribution in [1.82, 2.24) is 25.8 Å². The summed E-state index contributed by atoms with van der Waals surface area (Å²) in [5.41, 5.74) is 6.35. The Morgan fingerprint density at radius 2 is 1.21 bits per heavy atom. The SMILES string of the molecule is COC(=O)NC(C(=O)N1CCCC1C(=O)NCc1ccc(-c2ccc(C3=CN=C(C4CCCN4C(=O)C(NC(=O)OC)C(C)C)CCCC3)cc2)cc1)C(C)C. The van der Waals surface area contributed by atoms with Gasteiger partial charge in [0.25, 0.3) is 0 Å². The number of amides is 5. The number of carbonyl (C=O) groups is 5. The number of carbonyl (C=O) groups excluding carboxylic acids is 5. The third kappa shape index (κ3) is 10.3. The van der Waals surface area contributed by atoms with E-state index >= 15 is 0 Å². The van der Waals surface area contributed by atoms with Crippen LogP contribution in [-0.4, -0.2) is 96.9 Å². The number of allylic oxidation sites excluding steroid dienone is 1. The molecule has 3 aliphatic heterocycles. The molecule has 4 unspecified atom stereocenters. The second-order valence-corrected chi connectivity index (χ2v) is 15.6. The average Bonchev–Trinajstić information content (AvgIpc) is 3.89. The quantitative estimate of drug-likeness (QED) is 0.236. The van der Waals surface area contributed by atoms with Gasteiger partial charge in [0.1, 0.15) is 18.1 Å². The molecule has 2 fully saturated rings. The Morgan fingerprint density at radius 1 is 0.696 bits per heavy atom. The Balaban J connectivity index is 1.20. The lowest BCUT2D eigenvalue weighted by molar-refractivity contribution is -0.140. The Bertz CT molecular complexity index is 1770. The van der Waals surface area contributed by atoms with E-state index < -0.39 is 30.3 Å². The van der Waals surface area contributed by atoms with Crippen LogP contribution in [0.25, 0.3) is 16.7 Å². The second-order valence-electron chi connectivity index (χ2n) is 15.6. The van der Waals surface area contributed by atoms with Crippen LogP contribution >= 0.6 is 0 Å². The van der Waals surface area contributed by atoms with Crippen molar-refractivity contribution in [3.05, 3.63) is 65.9 Å². The predicted molar refractivity (Wildman–Crippen MR) is 215 cm³/mol. The van der Waals surface area contributed by atoms with E-state index in [9.17, 15) is 24.0 Å². The molecule has 5 rings (SSSR count). The molecule has 2 saturated heterocycles. The van der Waals surface area contributed by atoms with Crippen LogP contribution in [0.4, 0.5) is 9.59 Å². The first-order valence-corrected chi connectivity index (χ1v) is 19.9. The second kappa shape index (κ2) is 19.6. The molecule has 3 heterocycles. The normalized spacial score (nSPS) is 19.6. The summed E-state index contributed by atoms with van der Waals surface area (Å²) in [6.45, 7) is 8.96. The summed E-state index contributed by atoms with van der Waals surface area (Å²) in [6.07, 6.45) is 7.47. The molecule has 13 nitrogen and oxygen atoms in total. The maximum atomic E-state index is 13.7. The lowest BCUT2D eigenvalue weighted by Crippen LogP contribution is -2.55. The standard InChI is InChI=1S/C43H58N6O7/c1-27(2)37(46-42(53)55-5)40(51)48-23-9-13-35(48)34-12-8-7-11-33(26-44-34)32-21-19-31(20-22-32)30-17-15-29(16-18-30)25-45-39(50)36-14-10-24-49(36)41(52)38(28(3)4)47-43(54)56-6/h15-22,26-28,35-38H,7-14,23-25H2,1-6H3,(H,45,50)(H,46,53)(H,47,54). The van der Waals surface area contributed by atoms with E-state index in [1.165, 1.54) is 14.2 Å². The van der Waals surface area contributed by atoms with Gasteiger partial charge in [-0.1, -0.05) is 76.2 Å². The lowest BCUT2D eigenvalue weighted by atomic mass is 9.94. The molecule has 2 aromatic carbocycles. The number of nitrogens with one attached hydrogen (secondary N) is 3. The Labute approximate surface area is 330 Å². The fourth-order valence-corrected chi connectivity index (χ4v) is 7.82. The minimum atomic E-state index is -0.776. The topological polar surface area (TPSA) is 159 Å². The fraction of sp³-hybridized carbons (Fsp3) is 0.535. The van der Waals surface area contributed by atoms with Crippen LogP contribution in [0.2, 0.25) is 0 Å². The van der Waals surface area contributed by atoms with E-state index in [4.69, 9.17) is 14.5 Å². The number of likely N-dealkylation sites (tertiary alicyclic amines) is 2. The zero-order valence-electron chi connectivity index (χ0n) is 33.6. The van der Waals surface area contributed by atoms with Crippen LogP contribution < -0.4 is 16.0 Å². The first kappa shape index (κ1) is 42.0. The number of hydrogen-bond donors (Lipinski definition) is 3. The highest BCUT2D eigenvalue weighted by Gasteiger charge is 2.39. The number of rotatable bonds is 12. The zero-order valence-corrected chi connectivity index (χ0v) is 33.6. The van der Waals surface area contributed by atoms with E-state index in [-0.39, 0.29) is 35.6 Å². The highest BCUT2D eigenvalue weighted by Crippen LogP contribution is 2.30. The van der Waals surface area contributed by atoms with E-state index in [0.717, 1.165) is 72.1 Å². The minimum absolute atomic E-state index is 0.0844. The third-order valence-electron chi connectivity index (χ3n) is 11.1. The highest BCUT2D eigenvalue weighted by atomic mass is 16.5. The molecule has 0 saturated carbocycles. The van der Waals surface area contributed by atoms with Crippen molar-refractivity contribution < 1.29 is 33.4 Å². The van der Waals surface area contributed by atoms with Crippen LogP contribution in [0.5, 0.6) is 0 Å². The van der Waals surface area contributed by atoms with Crippen molar-refractivity contribution >= 4 is 41.2 Å². The number of ether oxygens (including phenoxy) is 2. The first-order chi connectivity index (χ1) is 26.9. The van der Waals surface area contributed by atoms with Gasteiger partial charge < -0.3 is 35.2 Å². The molecular formula is C43H58N6O7. The minimum Gasteiger partial charge on any atom is -0.453 e. The summed E-state index contributed by atoms with van der Waals surface area (Å²) in [6, 6.07) is 14.4. The van der Waals surface area contributed by atoms with Gasteiger partial charge in [0.2, 0.25) is 17.7 Å². The van der Waals surface area contributed by atoms with Crippen LogP contribution in [-0.2, 0) is 30.4 Å². The number of alkyl carbamates (subject to hydrolysis) is 2. The highest BCUT2D eigenvalue weighted by molar-refractivity contribution is 5.96. The number of nitrogens with zero attached hydrogens (tertiary/aromatic N) is 3. The molecule has 5 amide bonds. The number of benzene rings is 2. The molecule has 0 spiro atoms. The Hall–Kier alpha value is -5.20. The van der Waals surface area contributed by atoms with Crippen molar-refractivity contribution in [2.75, 3.05) is 27.3 Å². The van der Waals surface area contributed by atoms with Crippen LogP contribution in [0, 0.1) is 11.8 Å².